The first-order chi connectivity index (χ1) is 4.24. The Morgan fingerprint density at radius 3 is 1.33 bits per heavy atom. The van der Waals surface area contributed by atoms with E-state index >= 15 is 0 Å². The van der Waals surface area contributed by atoms with Crippen molar-refractivity contribution in [3.63, 3.8) is 0 Å². The third-order valence-electron chi connectivity index (χ3n) is 2.05. The summed E-state index contributed by atoms with van der Waals surface area (Å²) in [5.74, 6) is 0. The van der Waals surface area contributed by atoms with Gasteiger partial charge < -0.3 is 17.2 Å². The molecule has 0 heterocycles. The molecule has 0 fully saturated rings. The first-order valence-electron chi connectivity index (χ1n) is 3.35. The largest absolute Gasteiger partial charge is 0.330 e. The highest BCUT2D eigenvalue weighted by Gasteiger charge is 2.21. The summed E-state index contributed by atoms with van der Waals surface area (Å²) in [5, 5.41) is 0. The standard InChI is InChI=1S/C6H17N3/c1-2-6(3-7,4-8)5-9/h2-5,7-9H2,1H3. The molecule has 3 heteroatoms. The minimum Gasteiger partial charge on any atom is -0.330 e. The van der Waals surface area contributed by atoms with Crippen LogP contribution < -0.4 is 17.2 Å². The molecular weight excluding hydrogens is 114 g/mol. The molecule has 0 saturated heterocycles. The van der Waals surface area contributed by atoms with Crippen molar-refractivity contribution in [3.8, 4) is 0 Å². The van der Waals surface area contributed by atoms with E-state index < -0.39 is 0 Å². The number of hydrogen-bond acceptors (Lipinski definition) is 3. The lowest BCUT2D eigenvalue weighted by Gasteiger charge is -2.27. The summed E-state index contributed by atoms with van der Waals surface area (Å²) < 4.78 is 0. The van der Waals surface area contributed by atoms with Crippen LogP contribution in [0.5, 0.6) is 0 Å². The summed E-state index contributed by atoms with van der Waals surface area (Å²) in [5.41, 5.74) is 16.4. The molecule has 0 saturated carbocycles. The Bertz CT molecular complexity index is 51.2. The van der Waals surface area contributed by atoms with Crippen LogP contribution in [-0.2, 0) is 0 Å². The van der Waals surface area contributed by atoms with Crippen LogP contribution >= 0.6 is 0 Å². The topological polar surface area (TPSA) is 78.1 Å². The molecule has 0 amide bonds. The molecule has 0 aromatic rings. The quantitative estimate of drug-likeness (QED) is 0.470. The van der Waals surface area contributed by atoms with Crippen molar-refractivity contribution in [3.05, 3.63) is 0 Å². The minimum atomic E-state index is 0. The molecule has 0 atom stereocenters. The van der Waals surface area contributed by atoms with Crippen LogP contribution in [0.2, 0.25) is 0 Å². The Morgan fingerprint density at radius 1 is 1.00 bits per heavy atom. The molecular formula is C6H17N3. The van der Waals surface area contributed by atoms with Crippen LogP contribution in [0.3, 0.4) is 0 Å². The van der Waals surface area contributed by atoms with Gasteiger partial charge in [0.1, 0.15) is 0 Å². The lowest BCUT2D eigenvalue weighted by molar-refractivity contribution is 0.309. The average Bonchev–Trinajstić information content (AvgIpc) is 1.95. The summed E-state index contributed by atoms with van der Waals surface area (Å²) >= 11 is 0. The molecule has 0 aromatic heterocycles. The molecule has 0 spiro atoms. The molecule has 0 bridgehead atoms. The zero-order chi connectivity index (χ0) is 7.33. The maximum Gasteiger partial charge on any atom is 0.00679 e. The van der Waals surface area contributed by atoms with E-state index in [4.69, 9.17) is 17.2 Å². The van der Waals surface area contributed by atoms with Crippen molar-refractivity contribution in [1.29, 1.82) is 0 Å². The Morgan fingerprint density at radius 2 is 1.33 bits per heavy atom. The third kappa shape index (κ3) is 1.93. The van der Waals surface area contributed by atoms with E-state index in [2.05, 4.69) is 6.92 Å². The lowest BCUT2D eigenvalue weighted by Crippen LogP contribution is -2.43. The molecule has 0 rings (SSSR count). The van der Waals surface area contributed by atoms with E-state index in [-0.39, 0.29) is 5.41 Å². The van der Waals surface area contributed by atoms with E-state index in [1.807, 2.05) is 0 Å². The second kappa shape index (κ2) is 3.82. The van der Waals surface area contributed by atoms with E-state index in [0.717, 1.165) is 6.42 Å². The van der Waals surface area contributed by atoms with Gasteiger partial charge in [-0.25, -0.2) is 0 Å². The van der Waals surface area contributed by atoms with E-state index in [1.54, 1.807) is 0 Å². The highest BCUT2D eigenvalue weighted by atomic mass is 14.7. The monoisotopic (exact) mass is 131 g/mol. The third-order valence-corrected chi connectivity index (χ3v) is 2.05. The number of hydrogen-bond donors (Lipinski definition) is 3. The highest BCUT2D eigenvalue weighted by Crippen LogP contribution is 2.15. The Kier molecular flexibility index (Phi) is 3.77. The van der Waals surface area contributed by atoms with Gasteiger partial charge in [-0.2, -0.15) is 0 Å². The van der Waals surface area contributed by atoms with Crippen LogP contribution in [0.15, 0.2) is 0 Å². The fraction of sp³-hybridized carbons (Fsp3) is 1.00. The molecule has 56 valence electrons. The van der Waals surface area contributed by atoms with Gasteiger partial charge in [-0.15, -0.1) is 0 Å². The van der Waals surface area contributed by atoms with Crippen LogP contribution in [0.1, 0.15) is 13.3 Å². The van der Waals surface area contributed by atoms with Gasteiger partial charge in [-0.05, 0) is 6.42 Å². The molecule has 0 unspecified atom stereocenters. The SMILES string of the molecule is CCC(CN)(CN)CN. The zero-order valence-electron chi connectivity index (χ0n) is 6.06. The van der Waals surface area contributed by atoms with Gasteiger partial charge in [0.2, 0.25) is 0 Å². The Labute approximate surface area is 56.6 Å². The molecule has 6 N–H and O–H groups in total. The fourth-order valence-corrected chi connectivity index (χ4v) is 0.683. The smallest absolute Gasteiger partial charge is 0.00679 e. The van der Waals surface area contributed by atoms with Crippen LogP contribution in [0.25, 0.3) is 0 Å². The first kappa shape index (κ1) is 8.88. The van der Waals surface area contributed by atoms with Crippen molar-refractivity contribution in [2.45, 2.75) is 13.3 Å². The summed E-state index contributed by atoms with van der Waals surface area (Å²) in [7, 11) is 0. The highest BCUT2D eigenvalue weighted by molar-refractivity contribution is 4.80. The summed E-state index contributed by atoms with van der Waals surface area (Å²) in [6, 6.07) is 0. The Balaban J connectivity index is 3.82. The van der Waals surface area contributed by atoms with E-state index in [0.29, 0.717) is 19.6 Å². The van der Waals surface area contributed by atoms with Crippen molar-refractivity contribution in [1.82, 2.24) is 0 Å². The van der Waals surface area contributed by atoms with Crippen LogP contribution in [0.4, 0.5) is 0 Å². The predicted molar refractivity (Wildman–Crippen MR) is 39.9 cm³/mol. The van der Waals surface area contributed by atoms with Gasteiger partial charge in [0.25, 0.3) is 0 Å². The predicted octanol–water partition coefficient (Wildman–Crippen LogP) is -0.741. The lowest BCUT2D eigenvalue weighted by atomic mass is 9.86. The Hall–Kier alpha value is -0.120. The van der Waals surface area contributed by atoms with Crippen molar-refractivity contribution in [2.75, 3.05) is 19.6 Å². The van der Waals surface area contributed by atoms with Gasteiger partial charge in [0.15, 0.2) is 0 Å². The molecule has 0 aliphatic rings. The summed E-state index contributed by atoms with van der Waals surface area (Å²) in [6.45, 7) is 3.84. The second-order valence-corrected chi connectivity index (χ2v) is 2.47. The van der Waals surface area contributed by atoms with Crippen LogP contribution in [0, 0.1) is 5.41 Å². The first-order valence-corrected chi connectivity index (χ1v) is 3.35. The van der Waals surface area contributed by atoms with Gasteiger partial charge >= 0.3 is 0 Å². The molecule has 9 heavy (non-hydrogen) atoms. The van der Waals surface area contributed by atoms with Crippen LogP contribution in [-0.4, -0.2) is 19.6 Å². The van der Waals surface area contributed by atoms with E-state index in [1.165, 1.54) is 0 Å². The van der Waals surface area contributed by atoms with Crippen molar-refractivity contribution >= 4 is 0 Å². The fourth-order valence-electron chi connectivity index (χ4n) is 0.683. The summed E-state index contributed by atoms with van der Waals surface area (Å²) in [4.78, 5) is 0. The normalized spacial score (nSPS) is 12.0. The van der Waals surface area contributed by atoms with Gasteiger partial charge in [-0.3, -0.25) is 0 Å². The van der Waals surface area contributed by atoms with Gasteiger partial charge in [0.05, 0.1) is 0 Å². The molecule has 0 aliphatic carbocycles. The van der Waals surface area contributed by atoms with E-state index in [9.17, 15) is 0 Å². The van der Waals surface area contributed by atoms with Gasteiger partial charge in [0, 0.05) is 25.0 Å². The number of nitrogens with two attached hydrogens (primary N) is 3. The zero-order valence-corrected chi connectivity index (χ0v) is 6.06. The summed E-state index contributed by atoms with van der Waals surface area (Å²) in [6.07, 6.45) is 0.969. The molecule has 0 radical (unpaired) electrons. The number of rotatable bonds is 4. The van der Waals surface area contributed by atoms with Crippen molar-refractivity contribution < 1.29 is 0 Å². The molecule has 0 aliphatic heterocycles. The van der Waals surface area contributed by atoms with Crippen molar-refractivity contribution in [2.24, 2.45) is 22.6 Å². The average molecular weight is 131 g/mol. The minimum absolute atomic E-state index is 0. The second-order valence-electron chi connectivity index (χ2n) is 2.47. The molecule has 0 aromatic carbocycles. The molecule has 3 nitrogen and oxygen atoms in total. The maximum absolute atomic E-state index is 5.48. The maximum atomic E-state index is 5.48. The van der Waals surface area contributed by atoms with Gasteiger partial charge in [-0.1, -0.05) is 6.92 Å².